The van der Waals surface area contributed by atoms with Crippen LogP contribution < -0.4 is 19.9 Å². The summed E-state index contributed by atoms with van der Waals surface area (Å²) in [7, 11) is 1.19. The predicted molar refractivity (Wildman–Crippen MR) is 76.6 cm³/mol. The van der Waals surface area contributed by atoms with E-state index in [-0.39, 0.29) is 28.0 Å². The highest BCUT2D eigenvalue weighted by atomic mass is 35.5. The van der Waals surface area contributed by atoms with Crippen LogP contribution in [0, 0.1) is 0 Å². The maximum absolute atomic E-state index is 13.3. The summed E-state index contributed by atoms with van der Waals surface area (Å²) < 4.78 is 40.3. The summed E-state index contributed by atoms with van der Waals surface area (Å²) in [5.41, 5.74) is 5.05. The molecule has 2 heterocycles. The van der Waals surface area contributed by atoms with Gasteiger partial charge in [0.1, 0.15) is 0 Å². The van der Waals surface area contributed by atoms with E-state index in [1.54, 1.807) is 0 Å². The molecular weight excluding hydrogens is 352 g/mol. The molecule has 0 fully saturated rings. The van der Waals surface area contributed by atoms with Crippen LogP contribution in [0.25, 0.3) is 11.4 Å². The number of carboxylic acids is 1. The third-order valence-electron chi connectivity index (χ3n) is 3.05. The van der Waals surface area contributed by atoms with E-state index in [0.29, 0.717) is 0 Å². The van der Waals surface area contributed by atoms with Gasteiger partial charge in [-0.25, -0.2) is 14.8 Å². The number of rotatable bonds is 3. The van der Waals surface area contributed by atoms with E-state index in [4.69, 9.17) is 22.1 Å². The molecule has 3 N–H and O–H groups in total. The number of ether oxygens (including phenoxy) is 3. The van der Waals surface area contributed by atoms with Gasteiger partial charge >= 0.3 is 12.3 Å². The molecule has 0 radical (unpaired) electrons. The van der Waals surface area contributed by atoms with Crippen LogP contribution >= 0.6 is 11.6 Å². The summed E-state index contributed by atoms with van der Waals surface area (Å²) in [6.07, 6.45) is -3.92. The molecule has 1 aromatic heterocycles. The number of aromatic carboxylic acids is 1. The van der Waals surface area contributed by atoms with Crippen molar-refractivity contribution in [3.63, 3.8) is 0 Å². The minimum Gasteiger partial charge on any atom is -0.491 e. The Labute approximate surface area is 137 Å². The molecule has 0 aliphatic carbocycles. The number of hydrogen-bond donors (Lipinski definition) is 2. The number of benzene rings is 1. The van der Waals surface area contributed by atoms with E-state index < -0.39 is 29.5 Å². The summed E-state index contributed by atoms with van der Waals surface area (Å²) in [6, 6.07) is 2.53. The van der Waals surface area contributed by atoms with Gasteiger partial charge in [0.05, 0.1) is 17.7 Å². The number of anilines is 1. The zero-order chi connectivity index (χ0) is 17.6. The summed E-state index contributed by atoms with van der Waals surface area (Å²) >= 11 is 5.80. The van der Waals surface area contributed by atoms with Gasteiger partial charge in [-0.15, -0.1) is 8.78 Å². The maximum Gasteiger partial charge on any atom is 0.586 e. The van der Waals surface area contributed by atoms with Crippen molar-refractivity contribution in [2.75, 3.05) is 12.8 Å². The molecule has 3 rings (SSSR count). The van der Waals surface area contributed by atoms with E-state index >= 15 is 0 Å². The molecule has 2 aromatic rings. The van der Waals surface area contributed by atoms with Crippen molar-refractivity contribution in [1.82, 2.24) is 9.97 Å². The number of halogens is 3. The number of nitrogens with zero attached hydrogens (tertiary/aromatic N) is 2. The number of nitrogens with two attached hydrogens (primary N) is 1. The lowest BCUT2D eigenvalue weighted by atomic mass is 10.1. The van der Waals surface area contributed by atoms with Gasteiger partial charge in [0.15, 0.2) is 34.6 Å². The normalized spacial score (nSPS) is 14.5. The average molecular weight is 360 g/mol. The van der Waals surface area contributed by atoms with Crippen LogP contribution in [0.2, 0.25) is 5.02 Å². The zero-order valence-corrected chi connectivity index (χ0v) is 12.6. The number of carboxylic acid groups (broad SMARTS) is 1. The number of methoxy groups -OCH3 is 1. The van der Waals surface area contributed by atoms with Crippen LogP contribution in [0.4, 0.5) is 14.6 Å². The van der Waals surface area contributed by atoms with Gasteiger partial charge in [0.25, 0.3) is 0 Å². The molecule has 0 bridgehead atoms. The SMILES string of the molecule is COc1c(N)nc(-c2ccc(Cl)c3c2OC(F)(F)O3)nc1C(=O)O. The van der Waals surface area contributed by atoms with Crippen LogP contribution in [0.15, 0.2) is 12.1 Å². The molecule has 8 nitrogen and oxygen atoms in total. The molecule has 0 spiro atoms. The number of fused-ring (bicyclic) bond motifs is 1. The number of alkyl halides is 2. The Bertz CT molecular complexity index is 862. The molecule has 126 valence electrons. The summed E-state index contributed by atoms with van der Waals surface area (Å²) in [5.74, 6) is -3.06. The Balaban J connectivity index is 2.22. The number of hydrogen-bond acceptors (Lipinski definition) is 7. The van der Waals surface area contributed by atoms with E-state index in [1.165, 1.54) is 19.2 Å². The highest BCUT2D eigenvalue weighted by molar-refractivity contribution is 6.32. The summed E-state index contributed by atoms with van der Waals surface area (Å²) in [5, 5.41) is 9.07. The van der Waals surface area contributed by atoms with Crippen LogP contribution in [0.3, 0.4) is 0 Å². The van der Waals surface area contributed by atoms with Crippen molar-refractivity contribution >= 4 is 23.4 Å². The quantitative estimate of drug-likeness (QED) is 0.858. The van der Waals surface area contributed by atoms with Crippen molar-refractivity contribution in [1.29, 1.82) is 0 Å². The predicted octanol–water partition coefficient (Wildman–Crippen LogP) is 2.41. The molecule has 24 heavy (non-hydrogen) atoms. The lowest BCUT2D eigenvalue weighted by Crippen LogP contribution is -2.26. The molecule has 11 heteroatoms. The number of carbonyl (C=O) groups is 1. The van der Waals surface area contributed by atoms with Gasteiger partial charge in [0, 0.05) is 0 Å². The fourth-order valence-corrected chi connectivity index (χ4v) is 2.29. The van der Waals surface area contributed by atoms with Crippen molar-refractivity contribution in [3.8, 4) is 28.6 Å². The molecule has 1 aromatic carbocycles. The van der Waals surface area contributed by atoms with E-state index in [1.807, 2.05) is 0 Å². The van der Waals surface area contributed by atoms with Crippen LogP contribution in [-0.2, 0) is 0 Å². The van der Waals surface area contributed by atoms with E-state index in [2.05, 4.69) is 19.4 Å². The van der Waals surface area contributed by atoms with Crippen LogP contribution in [0.5, 0.6) is 17.2 Å². The monoisotopic (exact) mass is 359 g/mol. The van der Waals surface area contributed by atoms with E-state index in [9.17, 15) is 18.7 Å². The third kappa shape index (κ3) is 2.50. The Kier molecular flexibility index (Phi) is 3.56. The minimum atomic E-state index is -3.92. The average Bonchev–Trinajstić information content (AvgIpc) is 2.82. The topological polar surface area (TPSA) is 117 Å². The summed E-state index contributed by atoms with van der Waals surface area (Å²) in [4.78, 5) is 18.9. The first-order chi connectivity index (χ1) is 11.2. The molecular formula is C13H8ClF2N3O5. The Morgan fingerprint density at radius 1 is 1.33 bits per heavy atom. The van der Waals surface area contributed by atoms with Gasteiger partial charge in [-0.1, -0.05) is 11.6 Å². The molecule has 0 unspecified atom stereocenters. The van der Waals surface area contributed by atoms with Crippen molar-refractivity contribution in [2.24, 2.45) is 0 Å². The van der Waals surface area contributed by atoms with Crippen molar-refractivity contribution < 1.29 is 32.9 Å². The molecule has 1 aliphatic heterocycles. The summed E-state index contributed by atoms with van der Waals surface area (Å²) in [6.45, 7) is 0. The fourth-order valence-electron chi connectivity index (χ4n) is 2.10. The Morgan fingerprint density at radius 2 is 2.00 bits per heavy atom. The van der Waals surface area contributed by atoms with Gasteiger partial charge in [-0.3, -0.25) is 0 Å². The molecule has 1 aliphatic rings. The second-order valence-corrected chi connectivity index (χ2v) is 4.95. The molecule has 0 saturated heterocycles. The highest BCUT2D eigenvalue weighted by Gasteiger charge is 2.46. The number of aromatic nitrogens is 2. The standard InChI is InChI=1S/C13H8ClF2N3O5/c1-22-9-6(12(20)21)18-11(19-10(9)17)4-2-3-5(14)8-7(4)23-13(15,16)24-8/h2-3H,1H3,(H,20,21)(H2,17,18,19). The fraction of sp³-hybridized carbons (Fsp3) is 0.154. The van der Waals surface area contributed by atoms with E-state index in [0.717, 1.165) is 0 Å². The van der Waals surface area contributed by atoms with Gasteiger partial charge in [-0.2, -0.15) is 0 Å². The Morgan fingerprint density at radius 3 is 2.62 bits per heavy atom. The van der Waals surface area contributed by atoms with Gasteiger partial charge in [-0.05, 0) is 12.1 Å². The van der Waals surface area contributed by atoms with Gasteiger partial charge < -0.3 is 25.1 Å². The first-order valence-electron chi connectivity index (χ1n) is 6.27. The van der Waals surface area contributed by atoms with Crippen LogP contribution in [-0.4, -0.2) is 34.4 Å². The maximum atomic E-state index is 13.3. The molecule has 0 amide bonds. The lowest BCUT2D eigenvalue weighted by molar-refractivity contribution is -0.286. The van der Waals surface area contributed by atoms with Crippen LogP contribution in [0.1, 0.15) is 10.5 Å². The third-order valence-corrected chi connectivity index (χ3v) is 3.34. The largest absolute Gasteiger partial charge is 0.586 e. The highest BCUT2D eigenvalue weighted by Crippen LogP contribution is 2.50. The van der Waals surface area contributed by atoms with Crippen molar-refractivity contribution in [3.05, 3.63) is 22.8 Å². The second-order valence-electron chi connectivity index (χ2n) is 4.54. The molecule has 0 atom stereocenters. The second kappa shape index (κ2) is 5.34. The first kappa shape index (κ1) is 16.0. The van der Waals surface area contributed by atoms with Gasteiger partial charge in [0.2, 0.25) is 0 Å². The zero-order valence-electron chi connectivity index (χ0n) is 11.8. The first-order valence-corrected chi connectivity index (χ1v) is 6.65. The lowest BCUT2D eigenvalue weighted by Gasteiger charge is -2.11. The number of nitrogen functional groups attached to an aromatic ring is 1. The minimum absolute atomic E-state index is 0.0663. The molecule has 0 saturated carbocycles. The smallest absolute Gasteiger partial charge is 0.491 e. The Hall–Kier alpha value is -2.88. The van der Waals surface area contributed by atoms with Crippen molar-refractivity contribution in [2.45, 2.75) is 6.29 Å².